The Balaban J connectivity index is 2.18. The number of carbonyl (C=O) groups excluding carboxylic acids is 1. The van der Waals surface area contributed by atoms with Gasteiger partial charge in [0.2, 0.25) is 0 Å². The normalized spacial score (nSPS) is 10.5. The SMILES string of the molecule is CCOC(=O)Cn1nc2ccccc2n1. The Labute approximate surface area is 86.6 Å². The van der Waals surface area contributed by atoms with Crippen LogP contribution in [0, 0.1) is 0 Å². The van der Waals surface area contributed by atoms with Crippen LogP contribution in [0.5, 0.6) is 0 Å². The highest BCUT2D eigenvalue weighted by atomic mass is 16.5. The topological polar surface area (TPSA) is 57.0 Å². The lowest BCUT2D eigenvalue weighted by Gasteiger charge is -1.99. The van der Waals surface area contributed by atoms with Crippen molar-refractivity contribution in [3.8, 4) is 0 Å². The van der Waals surface area contributed by atoms with Gasteiger partial charge in [0.1, 0.15) is 11.0 Å². The highest BCUT2D eigenvalue weighted by molar-refractivity contribution is 5.74. The minimum Gasteiger partial charge on any atom is -0.465 e. The molecule has 0 atom stereocenters. The standard InChI is InChI=1S/C10H11N3O2/c1-2-15-10(14)7-13-11-8-5-3-4-6-9(8)12-13/h3-6H,2,7H2,1H3. The molecule has 2 aromatic rings. The highest BCUT2D eigenvalue weighted by Crippen LogP contribution is 2.06. The monoisotopic (exact) mass is 205 g/mol. The first-order valence-corrected chi connectivity index (χ1v) is 4.75. The Morgan fingerprint density at radius 1 is 1.33 bits per heavy atom. The summed E-state index contributed by atoms with van der Waals surface area (Å²) in [5.74, 6) is -0.321. The van der Waals surface area contributed by atoms with Crippen LogP contribution in [-0.2, 0) is 16.1 Å². The average Bonchev–Trinajstić information content (AvgIpc) is 2.59. The van der Waals surface area contributed by atoms with E-state index in [4.69, 9.17) is 4.74 Å². The van der Waals surface area contributed by atoms with Gasteiger partial charge in [0.25, 0.3) is 0 Å². The van der Waals surface area contributed by atoms with Gasteiger partial charge in [-0.3, -0.25) is 0 Å². The third-order valence-electron chi connectivity index (χ3n) is 1.90. The van der Waals surface area contributed by atoms with Gasteiger partial charge < -0.3 is 4.74 Å². The van der Waals surface area contributed by atoms with Gasteiger partial charge in [-0.15, -0.1) is 0 Å². The van der Waals surface area contributed by atoms with Crippen molar-refractivity contribution in [2.45, 2.75) is 13.5 Å². The van der Waals surface area contributed by atoms with Crippen LogP contribution in [0.1, 0.15) is 6.92 Å². The fourth-order valence-electron chi connectivity index (χ4n) is 1.30. The molecule has 0 saturated heterocycles. The summed E-state index contributed by atoms with van der Waals surface area (Å²) in [6.45, 7) is 2.20. The number of hydrogen-bond donors (Lipinski definition) is 0. The lowest BCUT2D eigenvalue weighted by atomic mass is 10.3. The molecule has 2 rings (SSSR count). The van der Waals surface area contributed by atoms with Crippen molar-refractivity contribution in [1.29, 1.82) is 0 Å². The van der Waals surface area contributed by atoms with Crippen molar-refractivity contribution < 1.29 is 9.53 Å². The molecule has 0 aliphatic heterocycles. The molecule has 0 aliphatic rings. The summed E-state index contributed by atoms with van der Waals surface area (Å²) in [7, 11) is 0. The number of benzene rings is 1. The minimum atomic E-state index is -0.321. The first kappa shape index (κ1) is 9.64. The maximum atomic E-state index is 11.2. The summed E-state index contributed by atoms with van der Waals surface area (Å²) in [6.07, 6.45) is 0. The average molecular weight is 205 g/mol. The Morgan fingerprint density at radius 2 is 1.93 bits per heavy atom. The van der Waals surface area contributed by atoms with E-state index < -0.39 is 0 Å². The van der Waals surface area contributed by atoms with E-state index in [1.165, 1.54) is 4.80 Å². The molecule has 5 heteroatoms. The zero-order valence-electron chi connectivity index (χ0n) is 8.38. The van der Waals surface area contributed by atoms with Crippen LogP contribution in [0.25, 0.3) is 11.0 Å². The van der Waals surface area contributed by atoms with Crippen LogP contribution >= 0.6 is 0 Å². The van der Waals surface area contributed by atoms with Gasteiger partial charge >= 0.3 is 5.97 Å². The van der Waals surface area contributed by atoms with Crippen LogP contribution in [-0.4, -0.2) is 27.6 Å². The van der Waals surface area contributed by atoms with E-state index in [2.05, 4.69) is 10.2 Å². The molecule has 0 saturated carbocycles. The fourth-order valence-corrected chi connectivity index (χ4v) is 1.30. The fraction of sp³-hybridized carbons (Fsp3) is 0.300. The highest BCUT2D eigenvalue weighted by Gasteiger charge is 2.06. The first-order chi connectivity index (χ1) is 7.29. The number of ether oxygens (including phenoxy) is 1. The van der Waals surface area contributed by atoms with E-state index in [1.807, 2.05) is 24.3 Å². The van der Waals surface area contributed by atoms with Crippen LogP contribution in [0.4, 0.5) is 0 Å². The van der Waals surface area contributed by atoms with Crippen LogP contribution in [0.2, 0.25) is 0 Å². The molecule has 1 aromatic carbocycles. The van der Waals surface area contributed by atoms with Crippen LogP contribution < -0.4 is 0 Å². The van der Waals surface area contributed by atoms with Gasteiger partial charge in [-0.2, -0.15) is 15.0 Å². The zero-order chi connectivity index (χ0) is 10.7. The summed E-state index contributed by atoms with van der Waals surface area (Å²) in [6, 6.07) is 7.46. The third kappa shape index (κ3) is 2.12. The van der Waals surface area contributed by atoms with Crippen molar-refractivity contribution in [3.05, 3.63) is 24.3 Å². The molecule has 0 aliphatic carbocycles. The second kappa shape index (κ2) is 4.08. The van der Waals surface area contributed by atoms with Crippen molar-refractivity contribution in [3.63, 3.8) is 0 Å². The van der Waals surface area contributed by atoms with Crippen LogP contribution in [0.15, 0.2) is 24.3 Å². The Morgan fingerprint density at radius 3 is 2.47 bits per heavy atom. The molecule has 0 N–H and O–H groups in total. The molecule has 0 spiro atoms. The van der Waals surface area contributed by atoms with Crippen molar-refractivity contribution in [2.75, 3.05) is 6.61 Å². The molecule has 1 aromatic heterocycles. The summed E-state index contributed by atoms with van der Waals surface area (Å²) in [5, 5.41) is 8.28. The second-order valence-corrected chi connectivity index (χ2v) is 3.02. The number of rotatable bonds is 3. The lowest BCUT2D eigenvalue weighted by Crippen LogP contribution is -2.15. The summed E-state index contributed by atoms with van der Waals surface area (Å²) < 4.78 is 4.80. The van der Waals surface area contributed by atoms with Gasteiger partial charge in [-0.1, -0.05) is 12.1 Å². The van der Waals surface area contributed by atoms with Crippen LogP contribution in [0.3, 0.4) is 0 Å². The lowest BCUT2D eigenvalue weighted by molar-refractivity contribution is -0.144. The van der Waals surface area contributed by atoms with Gasteiger partial charge in [0, 0.05) is 0 Å². The zero-order valence-corrected chi connectivity index (χ0v) is 8.38. The first-order valence-electron chi connectivity index (χ1n) is 4.75. The summed E-state index contributed by atoms with van der Waals surface area (Å²) in [4.78, 5) is 12.5. The Bertz CT molecular complexity index is 445. The number of carbonyl (C=O) groups is 1. The van der Waals surface area contributed by atoms with Gasteiger partial charge in [-0.05, 0) is 19.1 Å². The number of nitrogens with zero attached hydrogens (tertiary/aromatic N) is 3. The third-order valence-corrected chi connectivity index (χ3v) is 1.90. The predicted molar refractivity (Wildman–Crippen MR) is 54.2 cm³/mol. The minimum absolute atomic E-state index is 0.0581. The molecule has 0 amide bonds. The molecule has 0 bridgehead atoms. The molecule has 1 heterocycles. The number of esters is 1. The molecule has 5 nitrogen and oxygen atoms in total. The Hall–Kier alpha value is -1.91. The smallest absolute Gasteiger partial charge is 0.329 e. The molecular formula is C10H11N3O2. The van der Waals surface area contributed by atoms with Gasteiger partial charge in [0.15, 0.2) is 6.54 Å². The van der Waals surface area contributed by atoms with E-state index in [0.717, 1.165) is 11.0 Å². The number of fused-ring (bicyclic) bond motifs is 1. The van der Waals surface area contributed by atoms with E-state index in [0.29, 0.717) is 6.61 Å². The molecular weight excluding hydrogens is 194 g/mol. The second-order valence-electron chi connectivity index (χ2n) is 3.02. The summed E-state index contributed by atoms with van der Waals surface area (Å²) in [5.41, 5.74) is 1.56. The van der Waals surface area contributed by atoms with Gasteiger partial charge in [-0.25, -0.2) is 4.79 Å². The number of aromatic nitrogens is 3. The largest absolute Gasteiger partial charge is 0.465 e. The quantitative estimate of drug-likeness (QED) is 0.701. The molecule has 0 fully saturated rings. The molecule has 0 unspecified atom stereocenters. The van der Waals surface area contributed by atoms with E-state index in [-0.39, 0.29) is 12.5 Å². The van der Waals surface area contributed by atoms with Crippen molar-refractivity contribution >= 4 is 17.0 Å². The van der Waals surface area contributed by atoms with E-state index >= 15 is 0 Å². The summed E-state index contributed by atoms with van der Waals surface area (Å²) >= 11 is 0. The maximum Gasteiger partial charge on any atom is 0.329 e. The van der Waals surface area contributed by atoms with Crippen molar-refractivity contribution in [1.82, 2.24) is 15.0 Å². The predicted octanol–water partition coefficient (Wildman–Crippen LogP) is 0.994. The maximum absolute atomic E-state index is 11.2. The number of hydrogen-bond acceptors (Lipinski definition) is 4. The van der Waals surface area contributed by atoms with E-state index in [9.17, 15) is 4.79 Å². The van der Waals surface area contributed by atoms with Gasteiger partial charge in [0.05, 0.1) is 6.61 Å². The molecule has 78 valence electrons. The Kier molecular flexibility index (Phi) is 2.62. The van der Waals surface area contributed by atoms with E-state index in [1.54, 1.807) is 6.92 Å². The molecule has 0 radical (unpaired) electrons. The molecule has 15 heavy (non-hydrogen) atoms. The van der Waals surface area contributed by atoms with Crippen molar-refractivity contribution in [2.24, 2.45) is 0 Å².